The summed E-state index contributed by atoms with van der Waals surface area (Å²) < 4.78 is 5.51. The van der Waals surface area contributed by atoms with Gasteiger partial charge in [0.1, 0.15) is 11.5 Å². The van der Waals surface area contributed by atoms with E-state index in [1.807, 2.05) is 51.1 Å². The van der Waals surface area contributed by atoms with Gasteiger partial charge < -0.3 is 9.73 Å². The minimum absolute atomic E-state index is 0.250. The van der Waals surface area contributed by atoms with Gasteiger partial charge in [0.15, 0.2) is 11.5 Å². The van der Waals surface area contributed by atoms with Gasteiger partial charge in [-0.15, -0.1) is 0 Å². The molecule has 0 aliphatic heterocycles. The lowest BCUT2D eigenvalue weighted by Gasteiger charge is -2.08. The van der Waals surface area contributed by atoms with Gasteiger partial charge in [-0.1, -0.05) is 12.1 Å². The summed E-state index contributed by atoms with van der Waals surface area (Å²) >= 11 is 0. The highest BCUT2D eigenvalue weighted by molar-refractivity contribution is 6.03. The molecule has 1 aromatic carbocycles. The molecule has 0 unspecified atom stereocenters. The molecule has 0 fully saturated rings. The normalized spacial score (nSPS) is 10.7. The van der Waals surface area contributed by atoms with Gasteiger partial charge >= 0.3 is 0 Å². The van der Waals surface area contributed by atoms with Gasteiger partial charge in [0.25, 0.3) is 5.91 Å². The summed E-state index contributed by atoms with van der Waals surface area (Å²) in [5.74, 6) is 1.22. The number of aromatic amines is 1. The number of aryl methyl sites for hydroxylation is 2. The minimum Gasteiger partial charge on any atom is -0.460 e. The van der Waals surface area contributed by atoms with Crippen molar-refractivity contribution in [2.45, 2.75) is 20.8 Å². The maximum absolute atomic E-state index is 12.3. The van der Waals surface area contributed by atoms with E-state index in [0.717, 1.165) is 22.6 Å². The second-order valence-corrected chi connectivity index (χ2v) is 5.28. The highest BCUT2D eigenvalue weighted by Crippen LogP contribution is 2.22. The average Bonchev–Trinajstić information content (AvgIpc) is 3.12. The first kappa shape index (κ1) is 14.1. The van der Waals surface area contributed by atoms with Crippen molar-refractivity contribution in [3.63, 3.8) is 0 Å². The molecule has 3 rings (SSSR count). The van der Waals surface area contributed by atoms with Crippen molar-refractivity contribution in [2.24, 2.45) is 0 Å². The standard InChI is InChI=1S/C17H17N3O2/c1-10-5-4-6-13(12(10)3)18-17(21)15-9-14(19-20-15)16-8-7-11(2)22-16/h4-9H,1-3H3,(H,18,21)(H,19,20). The molecule has 3 aromatic rings. The molecule has 0 aliphatic carbocycles. The first-order valence-electron chi connectivity index (χ1n) is 7.04. The predicted molar refractivity (Wildman–Crippen MR) is 84.9 cm³/mol. The number of nitrogens with one attached hydrogen (secondary N) is 2. The van der Waals surface area contributed by atoms with Crippen LogP contribution in [0.5, 0.6) is 0 Å². The molecule has 2 N–H and O–H groups in total. The molecular formula is C17H17N3O2. The summed E-state index contributed by atoms with van der Waals surface area (Å²) in [6, 6.07) is 11.2. The number of benzene rings is 1. The Balaban J connectivity index is 1.81. The molecule has 22 heavy (non-hydrogen) atoms. The van der Waals surface area contributed by atoms with E-state index in [0.29, 0.717) is 17.1 Å². The number of amides is 1. The zero-order valence-corrected chi connectivity index (χ0v) is 12.7. The molecule has 2 heterocycles. The predicted octanol–water partition coefficient (Wildman–Crippen LogP) is 3.85. The van der Waals surface area contributed by atoms with E-state index in [-0.39, 0.29) is 5.91 Å². The summed E-state index contributed by atoms with van der Waals surface area (Å²) in [5, 5.41) is 9.76. The highest BCUT2D eigenvalue weighted by atomic mass is 16.3. The minimum atomic E-state index is -0.250. The van der Waals surface area contributed by atoms with Crippen molar-refractivity contribution in [2.75, 3.05) is 5.32 Å². The van der Waals surface area contributed by atoms with Crippen LogP contribution in [0.3, 0.4) is 0 Å². The van der Waals surface area contributed by atoms with Crippen molar-refractivity contribution in [3.05, 3.63) is 59.0 Å². The Hall–Kier alpha value is -2.82. The van der Waals surface area contributed by atoms with Crippen molar-refractivity contribution < 1.29 is 9.21 Å². The molecule has 0 radical (unpaired) electrons. The van der Waals surface area contributed by atoms with Crippen molar-refractivity contribution in [1.29, 1.82) is 0 Å². The summed E-state index contributed by atoms with van der Waals surface area (Å²) in [7, 11) is 0. The molecule has 0 saturated heterocycles. The molecule has 2 aromatic heterocycles. The number of H-pyrrole nitrogens is 1. The van der Waals surface area contributed by atoms with Crippen LogP contribution in [0.15, 0.2) is 40.8 Å². The molecule has 5 nitrogen and oxygen atoms in total. The van der Waals surface area contributed by atoms with Crippen LogP contribution in [0.1, 0.15) is 27.4 Å². The number of carbonyl (C=O) groups excluding carboxylic acids is 1. The Bertz CT molecular complexity index is 830. The number of hydrogen-bond donors (Lipinski definition) is 2. The quantitative estimate of drug-likeness (QED) is 0.771. The van der Waals surface area contributed by atoms with E-state index >= 15 is 0 Å². The Morgan fingerprint density at radius 1 is 1.18 bits per heavy atom. The molecule has 112 valence electrons. The SMILES string of the molecule is Cc1ccc(-c2cc(C(=O)Nc3cccc(C)c3C)n[nH]2)o1. The molecule has 0 spiro atoms. The van der Waals surface area contributed by atoms with Crippen LogP contribution in [-0.4, -0.2) is 16.1 Å². The van der Waals surface area contributed by atoms with Crippen molar-refractivity contribution in [3.8, 4) is 11.5 Å². The molecule has 0 bridgehead atoms. The van der Waals surface area contributed by atoms with Crippen LogP contribution in [0.4, 0.5) is 5.69 Å². The van der Waals surface area contributed by atoms with E-state index in [1.54, 1.807) is 6.07 Å². The van der Waals surface area contributed by atoms with Crippen LogP contribution >= 0.6 is 0 Å². The van der Waals surface area contributed by atoms with Crippen LogP contribution < -0.4 is 5.32 Å². The lowest BCUT2D eigenvalue weighted by atomic mass is 10.1. The van der Waals surface area contributed by atoms with Gasteiger partial charge in [-0.2, -0.15) is 5.10 Å². The van der Waals surface area contributed by atoms with Gasteiger partial charge in [-0.05, 0) is 50.1 Å². The van der Waals surface area contributed by atoms with Gasteiger partial charge in [-0.25, -0.2) is 0 Å². The number of furan rings is 1. The summed E-state index contributed by atoms with van der Waals surface area (Å²) in [5.41, 5.74) is 3.98. The summed E-state index contributed by atoms with van der Waals surface area (Å²) in [6.45, 7) is 5.86. The maximum Gasteiger partial charge on any atom is 0.276 e. The van der Waals surface area contributed by atoms with Crippen LogP contribution in [0, 0.1) is 20.8 Å². The fraction of sp³-hybridized carbons (Fsp3) is 0.176. The number of nitrogens with zero attached hydrogens (tertiary/aromatic N) is 1. The lowest BCUT2D eigenvalue weighted by Crippen LogP contribution is -2.13. The first-order valence-corrected chi connectivity index (χ1v) is 7.04. The van der Waals surface area contributed by atoms with Crippen molar-refractivity contribution in [1.82, 2.24) is 10.2 Å². The largest absolute Gasteiger partial charge is 0.460 e. The van der Waals surface area contributed by atoms with Gasteiger partial charge in [0, 0.05) is 11.8 Å². The fourth-order valence-electron chi connectivity index (χ4n) is 2.22. The topological polar surface area (TPSA) is 70.9 Å². The van der Waals surface area contributed by atoms with Gasteiger partial charge in [0.2, 0.25) is 0 Å². The lowest BCUT2D eigenvalue weighted by molar-refractivity contribution is 0.102. The first-order chi connectivity index (χ1) is 10.5. The van der Waals surface area contributed by atoms with Gasteiger partial charge in [0.05, 0.1) is 0 Å². The average molecular weight is 295 g/mol. The third-order valence-corrected chi connectivity index (χ3v) is 3.67. The monoisotopic (exact) mass is 295 g/mol. The van der Waals surface area contributed by atoms with Crippen LogP contribution in [-0.2, 0) is 0 Å². The fourth-order valence-corrected chi connectivity index (χ4v) is 2.22. The van der Waals surface area contributed by atoms with E-state index in [2.05, 4.69) is 15.5 Å². The molecule has 1 amide bonds. The Kier molecular flexibility index (Phi) is 3.55. The number of carbonyl (C=O) groups is 1. The third-order valence-electron chi connectivity index (χ3n) is 3.67. The van der Waals surface area contributed by atoms with Crippen LogP contribution in [0.25, 0.3) is 11.5 Å². The Labute approximate surface area is 128 Å². The summed E-state index contributed by atoms with van der Waals surface area (Å²) in [4.78, 5) is 12.3. The van der Waals surface area contributed by atoms with E-state index < -0.39 is 0 Å². The number of anilines is 1. The smallest absolute Gasteiger partial charge is 0.276 e. The summed E-state index contributed by atoms with van der Waals surface area (Å²) in [6.07, 6.45) is 0. The third kappa shape index (κ3) is 2.65. The van der Waals surface area contributed by atoms with E-state index in [9.17, 15) is 4.79 Å². The molecule has 0 aliphatic rings. The zero-order valence-electron chi connectivity index (χ0n) is 12.7. The maximum atomic E-state index is 12.3. The molecule has 5 heteroatoms. The van der Waals surface area contributed by atoms with E-state index in [4.69, 9.17) is 4.42 Å². The van der Waals surface area contributed by atoms with Gasteiger partial charge in [-0.3, -0.25) is 9.89 Å². The van der Waals surface area contributed by atoms with E-state index in [1.165, 1.54) is 0 Å². The molecule has 0 atom stereocenters. The molecule has 0 saturated carbocycles. The number of aromatic nitrogens is 2. The number of rotatable bonds is 3. The zero-order chi connectivity index (χ0) is 15.7. The number of hydrogen-bond acceptors (Lipinski definition) is 3. The Morgan fingerprint density at radius 3 is 2.73 bits per heavy atom. The van der Waals surface area contributed by atoms with Crippen molar-refractivity contribution >= 4 is 11.6 Å². The van der Waals surface area contributed by atoms with Crippen LogP contribution in [0.2, 0.25) is 0 Å². The highest BCUT2D eigenvalue weighted by Gasteiger charge is 2.14. The second kappa shape index (κ2) is 5.52. The second-order valence-electron chi connectivity index (χ2n) is 5.28. The molecular weight excluding hydrogens is 278 g/mol. The Morgan fingerprint density at radius 2 is 2.00 bits per heavy atom.